The molecule has 0 spiro atoms. The molecule has 108 valence electrons. The Morgan fingerprint density at radius 1 is 1.35 bits per heavy atom. The number of carboxylic acids is 1. The average Bonchev–Trinajstić information content (AvgIpc) is 3.19. The molecule has 0 atom stereocenters. The van der Waals surface area contributed by atoms with Gasteiger partial charge in [0.15, 0.2) is 0 Å². The molecule has 1 saturated heterocycles. The lowest BCUT2D eigenvalue weighted by Gasteiger charge is -2.29. The van der Waals surface area contributed by atoms with E-state index in [2.05, 4.69) is 0 Å². The number of morpholine rings is 1. The lowest BCUT2D eigenvalue weighted by atomic mass is 9.92. The maximum absolute atomic E-state index is 14.3. The van der Waals surface area contributed by atoms with Gasteiger partial charge in [0, 0.05) is 18.5 Å². The molecule has 5 heteroatoms. The number of carboxylic acid groups (broad SMARTS) is 1. The van der Waals surface area contributed by atoms with Gasteiger partial charge in [-0.25, -0.2) is 4.39 Å². The first-order valence-electron chi connectivity index (χ1n) is 6.95. The SMILES string of the molecule is O=C(O)CC1(c2ccc(N3CCOCC3)c(F)c2)CC1. The quantitative estimate of drug-likeness (QED) is 0.917. The van der Waals surface area contributed by atoms with Crippen molar-refractivity contribution in [3.05, 3.63) is 29.6 Å². The lowest BCUT2D eigenvalue weighted by molar-refractivity contribution is -0.137. The van der Waals surface area contributed by atoms with E-state index in [9.17, 15) is 9.18 Å². The van der Waals surface area contributed by atoms with Crippen molar-refractivity contribution in [3.63, 3.8) is 0 Å². The largest absolute Gasteiger partial charge is 0.481 e. The second-order valence-corrected chi connectivity index (χ2v) is 5.62. The third-order valence-corrected chi connectivity index (χ3v) is 4.25. The fraction of sp³-hybridized carbons (Fsp3) is 0.533. The van der Waals surface area contributed by atoms with Crippen molar-refractivity contribution >= 4 is 11.7 Å². The van der Waals surface area contributed by atoms with E-state index in [1.54, 1.807) is 6.07 Å². The molecule has 0 unspecified atom stereocenters. The van der Waals surface area contributed by atoms with Crippen LogP contribution in [-0.4, -0.2) is 37.4 Å². The molecule has 1 aliphatic heterocycles. The summed E-state index contributed by atoms with van der Waals surface area (Å²) in [5, 5.41) is 8.96. The van der Waals surface area contributed by atoms with Gasteiger partial charge in [-0.3, -0.25) is 4.79 Å². The van der Waals surface area contributed by atoms with Crippen molar-refractivity contribution in [2.24, 2.45) is 0 Å². The Bertz CT molecular complexity index is 522. The lowest BCUT2D eigenvalue weighted by Crippen LogP contribution is -2.36. The zero-order chi connectivity index (χ0) is 14.2. The van der Waals surface area contributed by atoms with Gasteiger partial charge in [-0.2, -0.15) is 0 Å². The van der Waals surface area contributed by atoms with Crippen molar-refractivity contribution < 1.29 is 19.0 Å². The van der Waals surface area contributed by atoms with Gasteiger partial charge in [0.1, 0.15) is 5.82 Å². The monoisotopic (exact) mass is 279 g/mol. The molecule has 1 saturated carbocycles. The molecular formula is C15H18FNO3. The summed E-state index contributed by atoms with van der Waals surface area (Å²) in [7, 11) is 0. The van der Waals surface area contributed by atoms with E-state index < -0.39 is 5.97 Å². The molecular weight excluding hydrogens is 261 g/mol. The molecule has 0 radical (unpaired) electrons. The predicted octanol–water partition coefficient (Wildman–Crippen LogP) is 2.17. The third-order valence-electron chi connectivity index (χ3n) is 4.25. The number of nitrogens with zero attached hydrogens (tertiary/aromatic N) is 1. The minimum Gasteiger partial charge on any atom is -0.481 e. The van der Waals surface area contributed by atoms with Crippen LogP contribution in [0.1, 0.15) is 24.8 Å². The van der Waals surface area contributed by atoms with Gasteiger partial charge in [-0.1, -0.05) is 6.07 Å². The van der Waals surface area contributed by atoms with Gasteiger partial charge in [0.2, 0.25) is 0 Å². The first-order valence-corrected chi connectivity index (χ1v) is 6.95. The summed E-state index contributed by atoms with van der Waals surface area (Å²) in [6.07, 6.45) is 1.74. The molecule has 2 aliphatic rings. The summed E-state index contributed by atoms with van der Waals surface area (Å²) in [5.74, 6) is -1.08. The van der Waals surface area contributed by atoms with E-state index in [0.29, 0.717) is 32.0 Å². The number of anilines is 1. The van der Waals surface area contributed by atoms with Crippen LogP contribution in [0.2, 0.25) is 0 Å². The molecule has 1 heterocycles. The highest BCUT2D eigenvalue weighted by Gasteiger charge is 2.46. The van der Waals surface area contributed by atoms with Gasteiger partial charge in [-0.05, 0) is 30.5 Å². The van der Waals surface area contributed by atoms with E-state index in [1.165, 1.54) is 6.07 Å². The molecule has 1 N–H and O–H groups in total. The van der Waals surface area contributed by atoms with Gasteiger partial charge < -0.3 is 14.7 Å². The Morgan fingerprint density at radius 2 is 2.05 bits per heavy atom. The van der Waals surface area contributed by atoms with Crippen LogP contribution in [0.4, 0.5) is 10.1 Å². The maximum Gasteiger partial charge on any atom is 0.304 e. The summed E-state index contributed by atoms with van der Waals surface area (Å²) in [5.41, 5.74) is 1.06. The van der Waals surface area contributed by atoms with Crippen molar-refractivity contribution in [1.29, 1.82) is 0 Å². The van der Waals surface area contributed by atoms with Crippen LogP contribution in [-0.2, 0) is 14.9 Å². The molecule has 0 amide bonds. The average molecular weight is 279 g/mol. The van der Waals surface area contributed by atoms with Crippen LogP contribution in [0.3, 0.4) is 0 Å². The molecule has 20 heavy (non-hydrogen) atoms. The van der Waals surface area contributed by atoms with Crippen LogP contribution < -0.4 is 4.90 Å². The van der Waals surface area contributed by atoms with Crippen LogP contribution in [0.25, 0.3) is 0 Å². The Balaban J connectivity index is 1.82. The first kappa shape index (κ1) is 13.4. The first-order chi connectivity index (χ1) is 9.61. The summed E-state index contributed by atoms with van der Waals surface area (Å²) < 4.78 is 19.6. The number of aliphatic carboxylic acids is 1. The smallest absolute Gasteiger partial charge is 0.304 e. The standard InChI is InChI=1S/C15H18FNO3/c16-12-9-11(15(3-4-15)10-14(18)19)1-2-13(12)17-5-7-20-8-6-17/h1-2,9H,3-8,10H2,(H,18,19). The number of benzene rings is 1. The molecule has 3 rings (SSSR count). The van der Waals surface area contributed by atoms with Crippen LogP contribution >= 0.6 is 0 Å². The Morgan fingerprint density at radius 3 is 2.60 bits per heavy atom. The Labute approximate surface area is 117 Å². The minimum atomic E-state index is -0.819. The fourth-order valence-corrected chi connectivity index (χ4v) is 2.91. The van der Waals surface area contributed by atoms with Crippen LogP contribution in [0.5, 0.6) is 0 Å². The molecule has 0 aromatic heterocycles. The van der Waals surface area contributed by atoms with E-state index in [-0.39, 0.29) is 17.7 Å². The highest BCUT2D eigenvalue weighted by atomic mass is 19.1. The second kappa shape index (κ2) is 5.05. The molecule has 0 bridgehead atoms. The van der Waals surface area contributed by atoms with Crippen molar-refractivity contribution in [2.75, 3.05) is 31.2 Å². The maximum atomic E-state index is 14.3. The zero-order valence-corrected chi connectivity index (χ0v) is 11.3. The number of halogens is 1. The van der Waals surface area contributed by atoms with Gasteiger partial charge in [-0.15, -0.1) is 0 Å². The third kappa shape index (κ3) is 2.50. The summed E-state index contributed by atoms with van der Waals surface area (Å²) in [6.45, 7) is 2.61. The summed E-state index contributed by atoms with van der Waals surface area (Å²) >= 11 is 0. The van der Waals surface area contributed by atoms with E-state index >= 15 is 0 Å². The van der Waals surface area contributed by atoms with Crippen LogP contribution in [0.15, 0.2) is 18.2 Å². The topological polar surface area (TPSA) is 49.8 Å². The van der Waals surface area contributed by atoms with E-state index in [4.69, 9.17) is 9.84 Å². The van der Waals surface area contributed by atoms with E-state index in [1.807, 2.05) is 11.0 Å². The zero-order valence-electron chi connectivity index (χ0n) is 11.3. The van der Waals surface area contributed by atoms with Crippen molar-refractivity contribution in [1.82, 2.24) is 0 Å². The minimum absolute atomic E-state index is 0.0866. The number of hydrogen-bond acceptors (Lipinski definition) is 3. The highest BCUT2D eigenvalue weighted by Crippen LogP contribution is 2.51. The number of hydrogen-bond donors (Lipinski definition) is 1. The van der Waals surface area contributed by atoms with Crippen molar-refractivity contribution in [2.45, 2.75) is 24.7 Å². The number of carbonyl (C=O) groups is 1. The molecule has 4 nitrogen and oxygen atoms in total. The normalized spacial score (nSPS) is 20.8. The molecule has 1 aliphatic carbocycles. The number of ether oxygens (including phenoxy) is 1. The fourth-order valence-electron chi connectivity index (χ4n) is 2.91. The summed E-state index contributed by atoms with van der Waals surface area (Å²) in [4.78, 5) is 12.9. The molecule has 1 aromatic rings. The predicted molar refractivity (Wildman–Crippen MR) is 72.6 cm³/mol. The Kier molecular flexibility index (Phi) is 3.38. The second-order valence-electron chi connectivity index (χ2n) is 5.62. The Hall–Kier alpha value is -1.62. The molecule has 1 aromatic carbocycles. The van der Waals surface area contributed by atoms with Gasteiger partial charge in [0.05, 0.1) is 25.3 Å². The highest BCUT2D eigenvalue weighted by molar-refractivity contribution is 5.70. The van der Waals surface area contributed by atoms with E-state index in [0.717, 1.165) is 18.4 Å². The van der Waals surface area contributed by atoms with Gasteiger partial charge in [0.25, 0.3) is 0 Å². The summed E-state index contributed by atoms with van der Waals surface area (Å²) in [6, 6.07) is 5.17. The molecule has 2 fully saturated rings. The van der Waals surface area contributed by atoms with Gasteiger partial charge >= 0.3 is 5.97 Å². The van der Waals surface area contributed by atoms with Crippen LogP contribution in [0, 0.1) is 5.82 Å². The van der Waals surface area contributed by atoms with Crippen molar-refractivity contribution in [3.8, 4) is 0 Å². The number of rotatable bonds is 4.